The van der Waals surface area contributed by atoms with Crippen molar-refractivity contribution in [2.75, 3.05) is 0 Å². The number of hydrogen-bond donors (Lipinski definition) is 1. The smallest absolute Gasteiger partial charge is 0.356 e. The Kier molecular flexibility index (Phi) is 2.65. The number of carboxylic acids is 1. The van der Waals surface area contributed by atoms with Crippen LogP contribution in [0.5, 0.6) is 0 Å². The minimum atomic E-state index is -1.09. The first-order valence-electron chi connectivity index (χ1n) is 3.54. The molecule has 1 heterocycles. The largest absolute Gasteiger partial charge is 0.476 e. The summed E-state index contributed by atoms with van der Waals surface area (Å²) in [5.41, 5.74) is 0.660. The van der Waals surface area contributed by atoms with Gasteiger partial charge in [0.1, 0.15) is 0 Å². The zero-order chi connectivity index (χ0) is 9.14. The van der Waals surface area contributed by atoms with E-state index >= 15 is 0 Å². The molecule has 0 saturated carbocycles. The molecular weight excluding hydrogens is 178 g/mol. The summed E-state index contributed by atoms with van der Waals surface area (Å²) < 4.78 is 0. The van der Waals surface area contributed by atoms with Gasteiger partial charge in [0.15, 0.2) is 5.69 Å². The number of rotatable bonds is 2. The first-order valence-corrected chi connectivity index (χ1v) is 3.91. The number of nitrogens with zero attached hydrogens (tertiary/aromatic N) is 1. The highest BCUT2D eigenvalue weighted by molar-refractivity contribution is 6.33. The molecule has 1 rings (SSSR count). The number of carbonyl (C=O) groups is 1. The van der Waals surface area contributed by atoms with Gasteiger partial charge in [-0.3, -0.25) is 0 Å². The van der Waals surface area contributed by atoms with Crippen LogP contribution in [0.25, 0.3) is 0 Å². The van der Waals surface area contributed by atoms with E-state index in [1.165, 1.54) is 0 Å². The summed E-state index contributed by atoms with van der Waals surface area (Å²) in [5.74, 6) is -1.09. The zero-order valence-corrected chi connectivity index (χ0v) is 7.30. The van der Waals surface area contributed by atoms with Gasteiger partial charge in [-0.15, -0.1) is 0 Å². The molecule has 0 aliphatic carbocycles. The van der Waals surface area contributed by atoms with Crippen molar-refractivity contribution < 1.29 is 9.90 Å². The van der Waals surface area contributed by atoms with Crippen LogP contribution in [0, 0.1) is 0 Å². The average molecular weight is 186 g/mol. The lowest BCUT2D eigenvalue weighted by atomic mass is 10.2. The van der Waals surface area contributed by atoms with E-state index in [1.807, 2.05) is 6.92 Å². The topological polar surface area (TPSA) is 50.2 Å². The molecule has 0 aromatic carbocycles. The van der Waals surface area contributed by atoms with Crippen LogP contribution in [0.1, 0.15) is 23.1 Å². The fourth-order valence-corrected chi connectivity index (χ4v) is 1.02. The van der Waals surface area contributed by atoms with Gasteiger partial charge in [-0.25, -0.2) is 9.78 Å². The number of aryl methyl sites for hydroxylation is 1. The van der Waals surface area contributed by atoms with Crippen molar-refractivity contribution in [2.24, 2.45) is 0 Å². The Morgan fingerprint density at radius 2 is 2.33 bits per heavy atom. The summed E-state index contributed by atoms with van der Waals surface area (Å²) in [6.07, 6.45) is 0.706. The van der Waals surface area contributed by atoms with Gasteiger partial charge in [-0.2, -0.15) is 0 Å². The highest BCUT2D eigenvalue weighted by atomic mass is 35.5. The summed E-state index contributed by atoms with van der Waals surface area (Å²) in [4.78, 5) is 14.4. The molecule has 0 fully saturated rings. The predicted octanol–water partition coefficient (Wildman–Crippen LogP) is 2.00. The lowest BCUT2D eigenvalue weighted by Gasteiger charge is -1.99. The maximum atomic E-state index is 10.5. The molecule has 1 aromatic rings. The molecule has 0 aliphatic rings. The van der Waals surface area contributed by atoms with Crippen LogP contribution < -0.4 is 0 Å². The van der Waals surface area contributed by atoms with Crippen molar-refractivity contribution in [3.05, 3.63) is 28.5 Å². The van der Waals surface area contributed by atoms with Crippen molar-refractivity contribution in [1.82, 2.24) is 4.98 Å². The van der Waals surface area contributed by atoms with E-state index in [2.05, 4.69) is 4.98 Å². The summed E-state index contributed by atoms with van der Waals surface area (Å²) >= 11 is 5.60. The standard InChI is InChI=1S/C8H8ClNO2/c1-2-5-3-4-6(9)7(10-5)8(11)12/h3-4H,2H2,1H3,(H,11,12). The first-order chi connectivity index (χ1) is 5.65. The zero-order valence-electron chi connectivity index (χ0n) is 6.54. The second-order valence-electron chi connectivity index (χ2n) is 2.29. The van der Waals surface area contributed by atoms with Crippen LogP contribution in [0.2, 0.25) is 5.02 Å². The Hall–Kier alpha value is -1.09. The lowest BCUT2D eigenvalue weighted by molar-refractivity contribution is 0.0690. The molecule has 0 atom stereocenters. The molecule has 0 saturated heterocycles. The molecule has 1 aromatic heterocycles. The third-order valence-corrected chi connectivity index (χ3v) is 1.77. The molecule has 0 bridgehead atoms. The van der Waals surface area contributed by atoms with Crippen LogP contribution in [-0.4, -0.2) is 16.1 Å². The molecule has 0 unspecified atom stereocenters. The molecule has 4 heteroatoms. The predicted molar refractivity (Wildman–Crippen MR) is 45.6 cm³/mol. The summed E-state index contributed by atoms with van der Waals surface area (Å²) in [6.45, 7) is 1.90. The number of carboxylic acid groups (broad SMARTS) is 1. The molecule has 0 radical (unpaired) electrons. The monoisotopic (exact) mass is 185 g/mol. The van der Waals surface area contributed by atoms with Crippen molar-refractivity contribution in [1.29, 1.82) is 0 Å². The SMILES string of the molecule is CCc1ccc(Cl)c(C(=O)O)n1. The molecular formula is C8H8ClNO2. The third kappa shape index (κ3) is 1.74. The van der Waals surface area contributed by atoms with Crippen LogP contribution in [-0.2, 0) is 6.42 Å². The fraction of sp³-hybridized carbons (Fsp3) is 0.250. The number of halogens is 1. The number of pyridine rings is 1. The van der Waals surface area contributed by atoms with Crippen LogP contribution >= 0.6 is 11.6 Å². The third-order valence-electron chi connectivity index (χ3n) is 1.47. The molecule has 0 aliphatic heterocycles. The Labute approximate surface area is 75.0 Å². The lowest BCUT2D eigenvalue weighted by Crippen LogP contribution is -2.03. The normalized spacial score (nSPS) is 9.83. The van der Waals surface area contributed by atoms with E-state index in [0.29, 0.717) is 6.42 Å². The van der Waals surface area contributed by atoms with Crippen molar-refractivity contribution in [3.63, 3.8) is 0 Å². The van der Waals surface area contributed by atoms with Gasteiger partial charge in [0, 0.05) is 5.69 Å². The Balaban J connectivity index is 3.17. The maximum Gasteiger partial charge on any atom is 0.356 e. The van der Waals surface area contributed by atoms with E-state index in [9.17, 15) is 4.79 Å². The minimum Gasteiger partial charge on any atom is -0.476 e. The van der Waals surface area contributed by atoms with E-state index in [0.717, 1.165) is 5.69 Å². The number of hydrogen-bond acceptors (Lipinski definition) is 2. The molecule has 64 valence electrons. The second-order valence-corrected chi connectivity index (χ2v) is 2.70. The number of aromatic nitrogens is 1. The van der Waals surface area contributed by atoms with E-state index in [1.54, 1.807) is 12.1 Å². The van der Waals surface area contributed by atoms with E-state index in [-0.39, 0.29) is 10.7 Å². The Bertz CT molecular complexity index is 312. The van der Waals surface area contributed by atoms with Gasteiger partial charge in [-0.05, 0) is 18.6 Å². The van der Waals surface area contributed by atoms with E-state index in [4.69, 9.17) is 16.7 Å². The molecule has 0 spiro atoms. The van der Waals surface area contributed by atoms with Crippen molar-refractivity contribution in [2.45, 2.75) is 13.3 Å². The van der Waals surface area contributed by atoms with Gasteiger partial charge < -0.3 is 5.11 Å². The summed E-state index contributed by atoms with van der Waals surface area (Å²) in [6, 6.07) is 3.27. The van der Waals surface area contributed by atoms with Crippen molar-refractivity contribution in [3.8, 4) is 0 Å². The minimum absolute atomic E-state index is 0.0731. The molecule has 1 N–H and O–H groups in total. The summed E-state index contributed by atoms with van der Waals surface area (Å²) in [7, 11) is 0. The van der Waals surface area contributed by atoms with Crippen molar-refractivity contribution >= 4 is 17.6 Å². The quantitative estimate of drug-likeness (QED) is 0.767. The maximum absolute atomic E-state index is 10.5. The molecule has 12 heavy (non-hydrogen) atoms. The highest BCUT2D eigenvalue weighted by Gasteiger charge is 2.10. The second kappa shape index (κ2) is 3.54. The fourth-order valence-electron chi connectivity index (χ4n) is 0.829. The van der Waals surface area contributed by atoms with Crippen LogP contribution in [0.4, 0.5) is 0 Å². The van der Waals surface area contributed by atoms with Gasteiger partial charge in [-0.1, -0.05) is 18.5 Å². The molecule has 3 nitrogen and oxygen atoms in total. The number of aromatic carboxylic acids is 1. The Morgan fingerprint density at radius 1 is 1.67 bits per heavy atom. The summed E-state index contributed by atoms with van der Waals surface area (Å²) in [5, 5.41) is 8.82. The van der Waals surface area contributed by atoms with Gasteiger partial charge >= 0.3 is 5.97 Å². The van der Waals surface area contributed by atoms with Gasteiger partial charge in [0.2, 0.25) is 0 Å². The Morgan fingerprint density at radius 3 is 2.83 bits per heavy atom. The highest BCUT2D eigenvalue weighted by Crippen LogP contribution is 2.14. The van der Waals surface area contributed by atoms with Gasteiger partial charge in [0.25, 0.3) is 0 Å². The molecule has 0 amide bonds. The average Bonchev–Trinajstić information content (AvgIpc) is 2.05. The first kappa shape index (κ1) is 9.00. The van der Waals surface area contributed by atoms with Gasteiger partial charge in [0.05, 0.1) is 5.02 Å². The van der Waals surface area contributed by atoms with Crippen LogP contribution in [0.15, 0.2) is 12.1 Å². The van der Waals surface area contributed by atoms with E-state index < -0.39 is 5.97 Å². The van der Waals surface area contributed by atoms with Crippen LogP contribution in [0.3, 0.4) is 0 Å².